The Kier molecular flexibility index (Phi) is 5.55. The number of nitrogens with two attached hydrogens (primary N) is 2. The van der Waals surface area contributed by atoms with Crippen molar-refractivity contribution in [1.29, 1.82) is 0 Å². The zero-order valence-corrected chi connectivity index (χ0v) is 14.9. The highest BCUT2D eigenvalue weighted by molar-refractivity contribution is 6.31. The number of carbonyl (C=O) groups is 1. The number of halogens is 1. The zero-order chi connectivity index (χ0) is 18.5. The summed E-state index contributed by atoms with van der Waals surface area (Å²) < 4.78 is 10.3. The van der Waals surface area contributed by atoms with Crippen LogP contribution in [0.15, 0.2) is 39.4 Å². The summed E-state index contributed by atoms with van der Waals surface area (Å²) in [6.45, 7) is 3.74. The Morgan fingerprint density at radius 3 is 2.92 bits per heavy atom. The van der Waals surface area contributed by atoms with E-state index in [9.17, 15) is 4.79 Å². The highest BCUT2D eigenvalue weighted by Gasteiger charge is 2.15. The summed E-state index contributed by atoms with van der Waals surface area (Å²) in [5, 5.41) is 12.3. The molecule has 0 fully saturated rings. The number of amides is 1. The minimum Gasteiger partial charge on any atom is -0.455 e. The van der Waals surface area contributed by atoms with Crippen LogP contribution in [0.3, 0.4) is 0 Å². The van der Waals surface area contributed by atoms with E-state index in [1.54, 1.807) is 0 Å². The number of nitrogens with one attached hydrogen (secondary N) is 1. The number of nitrogens with zero attached hydrogens (tertiary/aromatic N) is 2. The van der Waals surface area contributed by atoms with Gasteiger partial charge in [-0.05, 0) is 41.0 Å². The zero-order valence-electron chi connectivity index (χ0n) is 14.2. The van der Waals surface area contributed by atoms with Gasteiger partial charge in [-0.15, -0.1) is 0 Å². The standard InChI is InChI=1S/C17H18ClN5O3/c1-10-12(3-2-4-13(10)18)14-6-5-11(25-14)9-20-7-8-21-17(24)15-16(19)23-26-22-15/h2-6,20H,7-9H2,1H3,(H2,19,23)(H,21,24)/p+1. The normalized spacial score (nSPS) is 10.8. The summed E-state index contributed by atoms with van der Waals surface area (Å²) in [6, 6.07) is 9.61. The maximum Gasteiger partial charge on any atom is 0.277 e. The fourth-order valence-corrected chi connectivity index (χ4v) is 2.65. The van der Waals surface area contributed by atoms with Crippen LogP contribution >= 0.6 is 11.6 Å². The van der Waals surface area contributed by atoms with Crippen molar-refractivity contribution in [2.24, 2.45) is 0 Å². The summed E-state index contributed by atoms with van der Waals surface area (Å²) in [7, 11) is 0. The van der Waals surface area contributed by atoms with Crippen LogP contribution in [0.4, 0.5) is 5.82 Å². The van der Waals surface area contributed by atoms with Crippen LogP contribution in [-0.4, -0.2) is 29.3 Å². The van der Waals surface area contributed by atoms with Crippen LogP contribution in [0.2, 0.25) is 5.02 Å². The first kappa shape index (κ1) is 18.0. The van der Waals surface area contributed by atoms with Crippen LogP contribution in [0.1, 0.15) is 21.8 Å². The van der Waals surface area contributed by atoms with E-state index in [1.807, 2.05) is 42.6 Å². The number of hydrogen-bond donors (Lipinski definition) is 3. The smallest absolute Gasteiger partial charge is 0.277 e. The van der Waals surface area contributed by atoms with Gasteiger partial charge in [-0.25, -0.2) is 4.63 Å². The summed E-state index contributed by atoms with van der Waals surface area (Å²) in [4.78, 5) is 11.8. The lowest BCUT2D eigenvalue weighted by Crippen LogP contribution is -2.84. The highest BCUT2D eigenvalue weighted by atomic mass is 35.5. The fourth-order valence-electron chi connectivity index (χ4n) is 2.48. The average molecular weight is 377 g/mol. The third-order valence-electron chi connectivity index (χ3n) is 3.90. The van der Waals surface area contributed by atoms with Crippen LogP contribution in [0.25, 0.3) is 11.3 Å². The van der Waals surface area contributed by atoms with Crippen molar-refractivity contribution >= 4 is 23.3 Å². The SMILES string of the molecule is Cc1c(Cl)cccc1-c1ccc(C[NH2+]CCNC(=O)c2nonc2N)o1. The van der Waals surface area contributed by atoms with Crippen molar-refractivity contribution < 1.29 is 19.2 Å². The second-order valence-corrected chi connectivity index (χ2v) is 6.12. The Bertz CT molecular complexity index is 905. The molecule has 0 saturated heterocycles. The van der Waals surface area contributed by atoms with E-state index in [4.69, 9.17) is 21.8 Å². The van der Waals surface area contributed by atoms with E-state index in [-0.39, 0.29) is 11.5 Å². The van der Waals surface area contributed by atoms with E-state index in [0.717, 1.165) is 22.6 Å². The number of benzene rings is 1. The van der Waals surface area contributed by atoms with Gasteiger partial charge in [-0.2, -0.15) is 0 Å². The molecule has 2 heterocycles. The molecule has 8 nitrogen and oxygen atoms in total. The topological polar surface area (TPSA) is 124 Å². The van der Waals surface area contributed by atoms with Crippen LogP contribution in [0, 0.1) is 6.92 Å². The second-order valence-electron chi connectivity index (χ2n) is 5.71. The fraction of sp³-hybridized carbons (Fsp3) is 0.235. The van der Waals surface area contributed by atoms with Crippen molar-refractivity contribution in [2.45, 2.75) is 13.5 Å². The molecule has 0 saturated carbocycles. The van der Waals surface area contributed by atoms with Crippen LogP contribution in [-0.2, 0) is 6.54 Å². The molecule has 9 heteroatoms. The molecule has 0 spiro atoms. The molecule has 0 bridgehead atoms. The Morgan fingerprint density at radius 2 is 2.15 bits per heavy atom. The molecule has 1 aromatic carbocycles. The number of furan rings is 1. The van der Waals surface area contributed by atoms with Gasteiger partial charge in [0.1, 0.15) is 12.3 Å². The minimum absolute atomic E-state index is 0.00225. The quantitative estimate of drug-likeness (QED) is 0.535. The number of carbonyl (C=O) groups excluding carboxylic acids is 1. The first-order chi connectivity index (χ1) is 12.6. The monoisotopic (exact) mass is 376 g/mol. The molecule has 3 rings (SSSR count). The van der Waals surface area contributed by atoms with E-state index < -0.39 is 5.91 Å². The second kappa shape index (κ2) is 8.03. The Morgan fingerprint density at radius 1 is 1.31 bits per heavy atom. The molecule has 0 unspecified atom stereocenters. The van der Waals surface area contributed by atoms with Gasteiger partial charge in [0.15, 0.2) is 5.76 Å². The van der Waals surface area contributed by atoms with Gasteiger partial charge < -0.3 is 20.8 Å². The van der Waals surface area contributed by atoms with E-state index in [1.165, 1.54) is 0 Å². The van der Waals surface area contributed by atoms with E-state index in [2.05, 4.69) is 20.3 Å². The first-order valence-corrected chi connectivity index (χ1v) is 8.46. The van der Waals surface area contributed by atoms with Crippen molar-refractivity contribution in [2.75, 3.05) is 18.8 Å². The van der Waals surface area contributed by atoms with Gasteiger partial charge in [0.05, 0.1) is 13.1 Å². The highest BCUT2D eigenvalue weighted by Crippen LogP contribution is 2.29. The van der Waals surface area contributed by atoms with Gasteiger partial charge in [0, 0.05) is 10.6 Å². The van der Waals surface area contributed by atoms with Crippen molar-refractivity contribution in [3.63, 3.8) is 0 Å². The Hall–Kier alpha value is -2.84. The molecule has 0 aliphatic heterocycles. The van der Waals surface area contributed by atoms with Crippen molar-refractivity contribution in [3.8, 4) is 11.3 Å². The van der Waals surface area contributed by atoms with Gasteiger partial charge in [-0.3, -0.25) is 4.79 Å². The summed E-state index contributed by atoms with van der Waals surface area (Å²) in [5.74, 6) is 1.20. The number of quaternary nitrogens is 1. The lowest BCUT2D eigenvalue weighted by atomic mass is 10.1. The molecular weight excluding hydrogens is 358 g/mol. The molecule has 0 radical (unpaired) electrons. The van der Waals surface area contributed by atoms with Gasteiger partial charge in [-0.1, -0.05) is 23.7 Å². The average Bonchev–Trinajstić information content (AvgIpc) is 3.26. The number of rotatable bonds is 7. The molecule has 0 aliphatic rings. The number of anilines is 1. The van der Waals surface area contributed by atoms with Gasteiger partial charge >= 0.3 is 0 Å². The van der Waals surface area contributed by atoms with Crippen LogP contribution < -0.4 is 16.4 Å². The largest absolute Gasteiger partial charge is 0.455 e. The maximum atomic E-state index is 11.8. The summed E-state index contributed by atoms with van der Waals surface area (Å²) >= 11 is 6.16. The molecule has 3 aromatic rings. The molecule has 136 valence electrons. The number of aromatic nitrogens is 2. The maximum absolute atomic E-state index is 11.8. The molecular formula is C17H19ClN5O3+. The third kappa shape index (κ3) is 4.04. The van der Waals surface area contributed by atoms with Crippen molar-refractivity contribution in [3.05, 3.63) is 52.4 Å². The van der Waals surface area contributed by atoms with Crippen molar-refractivity contribution in [1.82, 2.24) is 15.6 Å². The lowest BCUT2D eigenvalue weighted by Gasteiger charge is -2.04. The number of hydrogen-bond acceptors (Lipinski definition) is 6. The van der Waals surface area contributed by atoms with E-state index in [0.29, 0.717) is 24.7 Å². The van der Waals surface area contributed by atoms with Crippen LogP contribution in [0.5, 0.6) is 0 Å². The molecule has 26 heavy (non-hydrogen) atoms. The Balaban J connectivity index is 1.46. The summed E-state index contributed by atoms with van der Waals surface area (Å²) in [6.07, 6.45) is 0. The molecule has 0 atom stereocenters. The molecule has 5 N–H and O–H groups in total. The first-order valence-electron chi connectivity index (χ1n) is 8.08. The predicted octanol–water partition coefficient (Wildman–Crippen LogP) is 1.37. The minimum atomic E-state index is -0.408. The third-order valence-corrected chi connectivity index (χ3v) is 4.31. The van der Waals surface area contributed by atoms with Gasteiger partial charge in [0.2, 0.25) is 11.5 Å². The Labute approximate surface area is 154 Å². The van der Waals surface area contributed by atoms with E-state index >= 15 is 0 Å². The number of nitrogen functional groups attached to an aromatic ring is 1. The molecule has 2 aromatic heterocycles. The predicted molar refractivity (Wildman–Crippen MR) is 95.4 cm³/mol. The summed E-state index contributed by atoms with van der Waals surface area (Å²) in [5.41, 5.74) is 7.43. The molecule has 1 amide bonds. The lowest BCUT2D eigenvalue weighted by molar-refractivity contribution is -0.670. The molecule has 0 aliphatic carbocycles. The van der Waals surface area contributed by atoms with Gasteiger partial charge in [0.25, 0.3) is 5.91 Å².